The van der Waals surface area contributed by atoms with E-state index in [1.807, 2.05) is 25.1 Å². The fourth-order valence-corrected chi connectivity index (χ4v) is 4.50. The second-order valence-electron chi connectivity index (χ2n) is 7.70. The molecule has 150 valence electrons. The monoisotopic (exact) mass is 383 g/mol. The van der Waals surface area contributed by atoms with Crippen molar-refractivity contribution in [1.82, 2.24) is 9.47 Å². The number of nitrogens with two attached hydrogens (primary N) is 1. The third-order valence-corrected chi connectivity index (χ3v) is 5.95. The molecule has 2 aliphatic heterocycles. The number of aromatic nitrogens is 1. The van der Waals surface area contributed by atoms with E-state index in [2.05, 4.69) is 16.4 Å². The fourth-order valence-electron chi connectivity index (χ4n) is 4.50. The van der Waals surface area contributed by atoms with Crippen molar-refractivity contribution in [3.05, 3.63) is 35.2 Å². The van der Waals surface area contributed by atoms with Crippen molar-refractivity contribution in [3.63, 3.8) is 0 Å². The lowest BCUT2D eigenvalue weighted by Crippen LogP contribution is -2.32. The molecule has 1 saturated heterocycles. The van der Waals surface area contributed by atoms with Gasteiger partial charge in [0.2, 0.25) is 0 Å². The lowest BCUT2D eigenvalue weighted by molar-refractivity contribution is 0.1000. The van der Waals surface area contributed by atoms with Crippen LogP contribution in [0, 0.1) is 13.8 Å². The van der Waals surface area contributed by atoms with E-state index in [1.54, 1.807) is 0 Å². The molecule has 0 spiro atoms. The first-order valence-corrected chi connectivity index (χ1v) is 10.2. The molecule has 0 radical (unpaired) electrons. The number of likely N-dealkylation sites (tertiary alicyclic amines) is 1. The van der Waals surface area contributed by atoms with E-state index in [4.69, 9.17) is 15.2 Å². The van der Waals surface area contributed by atoms with E-state index in [0.29, 0.717) is 18.8 Å². The van der Waals surface area contributed by atoms with Crippen molar-refractivity contribution in [3.8, 4) is 22.6 Å². The predicted octanol–water partition coefficient (Wildman–Crippen LogP) is 3.13. The standard InChI is InChI=1S/C22H29N3O3/c1-15-20(17-6-7-18-19(14-17)28-13-12-27-18)21(22(23)26)16(2)25(15)11-10-24-8-4-3-5-9-24/h6-7,14H,3-5,8-13H2,1-2H3,(H2,23,26). The molecule has 0 atom stereocenters. The molecule has 6 nitrogen and oxygen atoms in total. The van der Waals surface area contributed by atoms with Gasteiger partial charge in [0.05, 0.1) is 5.56 Å². The van der Waals surface area contributed by atoms with E-state index in [-0.39, 0.29) is 5.91 Å². The molecule has 2 N–H and O–H groups in total. The van der Waals surface area contributed by atoms with Gasteiger partial charge in [0.25, 0.3) is 5.91 Å². The Labute approximate surface area is 166 Å². The number of primary amides is 1. The molecule has 2 aliphatic rings. The minimum atomic E-state index is -0.387. The molecular weight excluding hydrogens is 354 g/mol. The van der Waals surface area contributed by atoms with Crippen molar-refractivity contribution in [1.29, 1.82) is 0 Å². The SMILES string of the molecule is Cc1c(C(N)=O)c(-c2ccc3c(c2)OCCO3)c(C)n1CCN1CCCCC1. The lowest BCUT2D eigenvalue weighted by atomic mass is 9.99. The van der Waals surface area contributed by atoms with Crippen LogP contribution in [0.1, 0.15) is 41.0 Å². The van der Waals surface area contributed by atoms with Gasteiger partial charge in [-0.05, 0) is 57.5 Å². The van der Waals surface area contributed by atoms with Gasteiger partial charge in [0, 0.05) is 30.0 Å². The largest absolute Gasteiger partial charge is 0.486 e. The number of fused-ring (bicyclic) bond motifs is 1. The second kappa shape index (κ2) is 7.87. The Hall–Kier alpha value is -2.47. The molecule has 0 saturated carbocycles. The first kappa shape index (κ1) is 18.9. The van der Waals surface area contributed by atoms with Crippen LogP contribution >= 0.6 is 0 Å². The number of rotatable bonds is 5. The predicted molar refractivity (Wildman–Crippen MR) is 109 cm³/mol. The first-order chi connectivity index (χ1) is 13.6. The number of hydrogen-bond acceptors (Lipinski definition) is 4. The maximum atomic E-state index is 12.3. The maximum absolute atomic E-state index is 12.3. The van der Waals surface area contributed by atoms with Crippen LogP contribution in [0.3, 0.4) is 0 Å². The summed E-state index contributed by atoms with van der Waals surface area (Å²) in [5.41, 5.74) is 10.2. The summed E-state index contributed by atoms with van der Waals surface area (Å²) in [4.78, 5) is 14.8. The van der Waals surface area contributed by atoms with Crippen LogP contribution in [0.2, 0.25) is 0 Å². The van der Waals surface area contributed by atoms with E-state index in [0.717, 1.165) is 60.2 Å². The Bertz CT molecular complexity index is 882. The zero-order chi connectivity index (χ0) is 19.7. The zero-order valence-corrected chi connectivity index (χ0v) is 16.8. The van der Waals surface area contributed by atoms with Gasteiger partial charge in [0.15, 0.2) is 11.5 Å². The van der Waals surface area contributed by atoms with E-state index >= 15 is 0 Å². The number of hydrogen-bond donors (Lipinski definition) is 1. The van der Waals surface area contributed by atoms with Crippen molar-refractivity contribution in [2.45, 2.75) is 39.7 Å². The van der Waals surface area contributed by atoms with Gasteiger partial charge in [-0.1, -0.05) is 12.5 Å². The number of ether oxygens (including phenoxy) is 2. The highest BCUT2D eigenvalue weighted by Gasteiger charge is 2.24. The number of amides is 1. The van der Waals surface area contributed by atoms with Crippen LogP contribution in [0.15, 0.2) is 18.2 Å². The molecule has 2 aromatic rings. The van der Waals surface area contributed by atoms with Crippen LogP contribution < -0.4 is 15.2 Å². The smallest absolute Gasteiger partial charge is 0.251 e. The molecule has 0 unspecified atom stereocenters. The van der Waals surface area contributed by atoms with Crippen molar-refractivity contribution < 1.29 is 14.3 Å². The van der Waals surface area contributed by atoms with Gasteiger partial charge < -0.3 is 24.7 Å². The lowest BCUT2D eigenvalue weighted by Gasteiger charge is -2.27. The van der Waals surface area contributed by atoms with Gasteiger partial charge in [-0.3, -0.25) is 4.79 Å². The highest BCUT2D eigenvalue weighted by atomic mass is 16.6. The maximum Gasteiger partial charge on any atom is 0.251 e. The average molecular weight is 383 g/mol. The van der Waals surface area contributed by atoms with Crippen LogP contribution in [-0.4, -0.2) is 48.2 Å². The van der Waals surface area contributed by atoms with Gasteiger partial charge in [-0.25, -0.2) is 0 Å². The van der Waals surface area contributed by atoms with Gasteiger partial charge in [0.1, 0.15) is 13.2 Å². The molecule has 1 amide bonds. The number of carbonyl (C=O) groups excluding carboxylic acids is 1. The first-order valence-electron chi connectivity index (χ1n) is 10.2. The topological polar surface area (TPSA) is 69.7 Å². The average Bonchev–Trinajstić information content (AvgIpc) is 2.97. The summed E-state index contributed by atoms with van der Waals surface area (Å²) in [6, 6.07) is 5.85. The molecule has 4 rings (SSSR count). The minimum Gasteiger partial charge on any atom is -0.486 e. The molecule has 6 heteroatoms. The van der Waals surface area contributed by atoms with E-state index in [9.17, 15) is 4.79 Å². The summed E-state index contributed by atoms with van der Waals surface area (Å²) in [6.07, 6.45) is 3.88. The Kier molecular flexibility index (Phi) is 5.31. The summed E-state index contributed by atoms with van der Waals surface area (Å²) in [5, 5.41) is 0. The highest BCUT2D eigenvalue weighted by Crippen LogP contribution is 2.38. The van der Waals surface area contributed by atoms with Crippen molar-refractivity contribution >= 4 is 5.91 Å². The molecule has 3 heterocycles. The number of carbonyl (C=O) groups is 1. The third-order valence-electron chi connectivity index (χ3n) is 5.95. The highest BCUT2D eigenvalue weighted by molar-refractivity contribution is 6.02. The number of benzene rings is 1. The Morgan fingerprint density at radius 2 is 1.71 bits per heavy atom. The van der Waals surface area contributed by atoms with Gasteiger partial charge in [-0.15, -0.1) is 0 Å². The summed E-state index contributed by atoms with van der Waals surface area (Å²) in [5.74, 6) is 1.08. The molecule has 0 bridgehead atoms. The summed E-state index contributed by atoms with van der Waals surface area (Å²) in [7, 11) is 0. The van der Waals surface area contributed by atoms with Gasteiger partial charge >= 0.3 is 0 Å². The quantitative estimate of drug-likeness (QED) is 0.861. The molecule has 1 aromatic carbocycles. The molecular formula is C22H29N3O3. The normalized spacial score (nSPS) is 16.9. The Balaban J connectivity index is 1.69. The summed E-state index contributed by atoms with van der Waals surface area (Å²) < 4.78 is 13.6. The summed E-state index contributed by atoms with van der Waals surface area (Å²) >= 11 is 0. The van der Waals surface area contributed by atoms with Crippen molar-refractivity contribution in [2.75, 3.05) is 32.8 Å². The van der Waals surface area contributed by atoms with E-state index < -0.39 is 0 Å². The third kappa shape index (κ3) is 3.49. The Morgan fingerprint density at radius 1 is 1.00 bits per heavy atom. The van der Waals surface area contributed by atoms with Crippen LogP contribution in [-0.2, 0) is 6.54 Å². The van der Waals surface area contributed by atoms with Crippen molar-refractivity contribution in [2.24, 2.45) is 5.73 Å². The van der Waals surface area contributed by atoms with Crippen LogP contribution in [0.4, 0.5) is 0 Å². The van der Waals surface area contributed by atoms with Crippen LogP contribution in [0.5, 0.6) is 11.5 Å². The molecule has 28 heavy (non-hydrogen) atoms. The minimum absolute atomic E-state index is 0.387. The van der Waals surface area contributed by atoms with Crippen LogP contribution in [0.25, 0.3) is 11.1 Å². The summed E-state index contributed by atoms with van der Waals surface area (Å²) in [6.45, 7) is 9.34. The molecule has 0 aliphatic carbocycles. The number of nitrogens with zero attached hydrogens (tertiary/aromatic N) is 2. The van der Waals surface area contributed by atoms with Gasteiger partial charge in [-0.2, -0.15) is 0 Å². The zero-order valence-electron chi connectivity index (χ0n) is 16.8. The van der Waals surface area contributed by atoms with E-state index in [1.165, 1.54) is 19.3 Å². The number of piperidine rings is 1. The Morgan fingerprint density at radius 3 is 2.43 bits per heavy atom. The molecule has 1 aromatic heterocycles. The second-order valence-corrected chi connectivity index (χ2v) is 7.70. The fraction of sp³-hybridized carbons (Fsp3) is 0.500. The molecule has 1 fully saturated rings.